The normalized spacial score (nSPS) is 13.7. The monoisotopic (exact) mass is 1120 g/mol. The second-order valence-corrected chi connectivity index (χ2v) is 42.2. The first-order valence-corrected chi connectivity index (χ1v) is 35.8. The Labute approximate surface area is 379 Å². The molecule has 34 heteroatoms. The third-order valence-electron chi connectivity index (χ3n) is 6.05. The predicted molar refractivity (Wildman–Crippen MR) is 286 cm³/mol. The number of aliphatic hydroxyl groups excluding tert-OH is 1. The molecule has 0 spiro atoms. The zero-order valence-corrected chi connectivity index (χ0v) is 49.9. The molecule has 0 fully saturated rings. The number of ketones is 4. The molecular weight excluding hydrogens is 1050 g/mol. The molecule has 0 aliphatic heterocycles. The van der Waals surface area contributed by atoms with Crippen molar-refractivity contribution >= 4 is 171 Å². The number of aliphatic carboxylic acids is 1. The summed E-state index contributed by atoms with van der Waals surface area (Å²) in [6.07, 6.45) is 2.29. The first-order chi connectivity index (χ1) is 27.4. The fourth-order valence-corrected chi connectivity index (χ4v) is 8.63. The van der Waals surface area contributed by atoms with Crippen molar-refractivity contribution in [2.24, 2.45) is 5.11 Å². The number of azide groups is 1. The highest BCUT2D eigenvalue weighted by molar-refractivity contribution is 8.81. The lowest BCUT2D eigenvalue weighted by molar-refractivity contribution is -0.143. The van der Waals surface area contributed by atoms with E-state index in [4.69, 9.17) is 24.8 Å². The maximum absolute atomic E-state index is 11.6. The Morgan fingerprint density at radius 2 is 0.949 bits per heavy atom. The van der Waals surface area contributed by atoms with Crippen LogP contribution in [0.5, 0.6) is 0 Å². The van der Waals surface area contributed by atoms with Gasteiger partial charge < -0.3 is 19.3 Å². The molecule has 19 nitrogen and oxygen atoms in total. The largest absolute Gasteiger partial charge is 0.481 e. The molecular formula is C25H65N8O11P15. The van der Waals surface area contributed by atoms with E-state index in [1.54, 1.807) is 6.92 Å². The average molecular weight is 1120 g/mol. The van der Waals surface area contributed by atoms with E-state index < -0.39 is 53.0 Å². The molecule has 0 heterocycles. The van der Waals surface area contributed by atoms with Crippen molar-refractivity contribution in [1.29, 1.82) is 0 Å². The third-order valence-corrected chi connectivity index (χ3v) is 36.4. The van der Waals surface area contributed by atoms with E-state index >= 15 is 0 Å². The van der Waals surface area contributed by atoms with Crippen molar-refractivity contribution in [1.82, 2.24) is 25.4 Å². The maximum atomic E-state index is 11.6. The number of nitrogens with one attached hydrogen (secondary N) is 5. The molecule has 0 aliphatic rings. The van der Waals surface area contributed by atoms with Crippen LogP contribution in [-0.4, -0.2) is 94.6 Å². The molecule has 13 unspecified atom stereocenters. The van der Waals surface area contributed by atoms with Crippen LogP contribution in [0.1, 0.15) is 73.1 Å². The number of Topliss-reactive ketones (excluding diaryl/α,β-unsaturated/α-hetero) is 4. The van der Waals surface area contributed by atoms with Gasteiger partial charge in [0.15, 0.2) is 0 Å². The van der Waals surface area contributed by atoms with Gasteiger partial charge in [0.05, 0.1) is 13.0 Å². The Morgan fingerprint density at radius 1 is 0.610 bits per heavy atom. The molecule has 0 aliphatic carbocycles. The summed E-state index contributed by atoms with van der Waals surface area (Å²) in [5, 5.41) is 34.2. The predicted octanol–water partition coefficient (Wildman–Crippen LogP) is 6.19. The minimum atomic E-state index is -1.04. The Bertz CT molecular complexity index is 1180. The highest BCUT2D eigenvalue weighted by Crippen LogP contribution is 2.84. The van der Waals surface area contributed by atoms with Gasteiger partial charge in [0.2, 0.25) is 0 Å². The number of hydrogen-bond acceptors (Lipinski definition) is 16. The molecule has 0 aromatic rings. The van der Waals surface area contributed by atoms with Crippen molar-refractivity contribution in [2.75, 3.05) is 13.2 Å². The van der Waals surface area contributed by atoms with Crippen LogP contribution in [0.4, 0.5) is 0 Å². The lowest BCUT2D eigenvalue weighted by atomic mass is 10.1. The van der Waals surface area contributed by atoms with Crippen LogP contribution in [0, 0.1) is 0 Å². The first kappa shape index (κ1) is 70.6. The fourth-order valence-electron chi connectivity index (χ4n) is 3.14. The second kappa shape index (κ2) is 47.1. The first-order valence-electron chi connectivity index (χ1n) is 16.6. The number of hydrogen-bond donors (Lipinski definition) is 7. The fraction of sp³-hybridized carbons (Fsp3) is 0.720. The van der Waals surface area contributed by atoms with Gasteiger partial charge in [-0.3, -0.25) is 59.0 Å². The summed E-state index contributed by atoms with van der Waals surface area (Å²) >= 11 is 0. The van der Waals surface area contributed by atoms with Crippen LogP contribution in [0.3, 0.4) is 0 Å². The minimum Gasteiger partial charge on any atom is -0.481 e. The van der Waals surface area contributed by atoms with Crippen LogP contribution in [0.2, 0.25) is 0 Å². The van der Waals surface area contributed by atoms with Gasteiger partial charge in [0.25, 0.3) is 0 Å². The highest BCUT2D eigenvalue weighted by atomic mass is 32.8. The van der Waals surface area contributed by atoms with Crippen LogP contribution in [-0.2, 0) is 42.6 Å². The highest BCUT2D eigenvalue weighted by Gasteiger charge is 2.25. The molecule has 0 aromatic carbocycles. The summed E-state index contributed by atoms with van der Waals surface area (Å²) in [5.41, 5.74) is 7.98. The molecule has 0 bridgehead atoms. The smallest absolute Gasteiger partial charge is 0.327 e. The van der Waals surface area contributed by atoms with Crippen molar-refractivity contribution in [3.8, 4) is 0 Å². The molecule has 0 rings (SSSR count). The van der Waals surface area contributed by atoms with Gasteiger partial charge >= 0.3 is 17.9 Å². The molecule has 7 N–H and O–H groups in total. The molecule has 0 aromatic heterocycles. The molecule has 0 saturated heterocycles. The van der Waals surface area contributed by atoms with E-state index in [1.165, 1.54) is 20.8 Å². The lowest BCUT2D eigenvalue weighted by Crippen LogP contribution is -2.33. The minimum absolute atomic E-state index is 0.00306. The van der Waals surface area contributed by atoms with Gasteiger partial charge in [-0.1, -0.05) is 113 Å². The van der Waals surface area contributed by atoms with Crippen LogP contribution in [0.25, 0.3) is 10.4 Å². The van der Waals surface area contributed by atoms with E-state index in [0.717, 1.165) is 6.42 Å². The summed E-state index contributed by atoms with van der Waals surface area (Å²) in [7, 11) is 24.9. The Kier molecular flexibility index (Phi) is 56.4. The summed E-state index contributed by atoms with van der Waals surface area (Å²) in [6, 6.07) is -1.21. The quantitative estimate of drug-likeness (QED) is 0.0232. The summed E-state index contributed by atoms with van der Waals surface area (Å²) in [4.78, 5) is 78.5. The Hall–Kier alpha value is 2.61. The molecule has 0 amide bonds. The van der Waals surface area contributed by atoms with Crippen molar-refractivity contribution in [3.63, 3.8) is 0 Å². The van der Waals surface area contributed by atoms with E-state index in [2.05, 4.69) is 143 Å². The van der Waals surface area contributed by atoms with Gasteiger partial charge in [0.1, 0.15) is 50.3 Å². The molecule has 0 saturated carbocycles. The maximum Gasteiger partial charge on any atom is 0.327 e. The number of carboxylic acids is 1. The summed E-state index contributed by atoms with van der Waals surface area (Å²) in [6.45, 7) is 7.49. The standard InChI is InChI=1S/C6H14NOP.C5H11N4OP.C5H15NO3P6.C5H12NO2P.C4H13NO4P6/c1-3-6(7-9)4-5(2)8;1-4(10)2-5(8-11)3-7-9-6;1-3(7)2-4(6-10)5(8)9-14(11)15(12)13;1-4(8)2-5(3-7)6-9;6-3(7)1-2(5-10)4(8)9-14(11)15(12)13/h6-7H,3-4,9H2,1-2H3;5,8H,2-3,11H2,1H3;4,6H,2,10-13H2,1H3;5-7H,2-3,9H2,1H3;2,5H,1,10-13H2,(H,6,7)/t6-;5-;4-,14?;5-;2-,14?/m10000/s1. The summed E-state index contributed by atoms with van der Waals surface area (Å²) < 4.78 is 10.3. The molecule has 59 heavy (non-hydrogen) atoms. The van der Waals surface area contributed by atoms with Gasteiger partial charge in [-0.2, -0.15) is 0 Å². The van der Waals surface area contributed by atoms with Crippen LogP contribution >= 0.6 is 130 Å². The molecule has 18 atom stereocenters. The zero-order valence-electron chi connectivity index (χ0n) is 33.6. The second-order valence-electron chi connectivity index (χ2n) is 11.4. The number of rotatable bonds is 25. The third kappa shape index (κ3) is 49.9. The number of carboxylic acid groups (broad SMARTS) is 1. The number of nitrogens with zero attached hydrogens (tertiary/aromatic N) is 3. The lowest BCUT2D eigenvalue weighted by Gasteiger charge is -2.19. The van der Waals surface area contributed by atoms with Gasteiger partial charge in [-0.15, -0.1) is 0 Å². The van der Waals surface area contributed by atoms with E-state index in [9.17, 15) is 33.6 Å². The SMILES string of the molecule is CC(=O)C[C@@H](CN=[N+]=[N-])NP.CC(=O)C[C@@H](CO)NP.CC(=O)C[C@H](NP)C(=O)OP(P)P(P)P.CC[C@H](CC(C)=O)NP.O=C(O)C[C@H](NP)C(=O)OP(P)P(P)P. The topological polar surface area (TPSA) is 287 Å². The average Bonchev–Trinajstić information content (AvgIpc) is 3.15. The van der Waals surface area contributed by atoms with Crippen LogP contribution < -0.4 is 25.4 Å². The number of aliphatic hydroxyl groups is 1. The van der Waals surface area contributed by atoms with Gasteiger partial charge in [0, 0.05) is 69.2 Å². The van der Waals surface area contributed by atoms with E-state index in [0.29, 0.717) is 31.8 Å². The molecule has 0 radical (unpaired) electrons. The van der Waals surface area contributed by atoms with Crippen molar-refractivity contribution in [2.45, 2.75) is 103 Å². The van der Waals surface area contributed by atoms with Gasteiger partial charge in [-0.25, -0.2) is 0 Å². The van der Waals surface area contributed by atoms with E-state index in [-0.39, 0.29) is 60.6 Å². The number of carbonyl (C=O) groups excluding carboxylic acids is 6. The zero-order chi connectivity index (χ0) is 47.3. The van der Waals surface area contributed by atoms with Crippen LogP contribution in [0.15, 0.2) is 5.11 Å². The van der Waals surface area contributed by atoms with Gasteiger partial charge in [-0.05, 0) is 39.6 Å². The number of carbonyl (C=O) groups is 7. The van der Waals surface area contributed by atoms with E-state index in [1.807, 2.05) is 0 Å². The van der Waals surface area contributed by atoms with Crippen molar-refractivity contribution in [3.05, 3.63) is 10.4 Å². The molecule has 346 valence electrons. The van der Waals surface area contributed by atoms with Crippen molar-refractivity contribution < 1.29 is 52.8 Å². The Morgan fingerprint density at radius 3 is 1.17 bits per heavy atom. The Balaban J connectivity index is -0.000000210. The summed E-state index contributed by atoms with van der Waals surface area (Å²) in [5.74, 6) is -1.58.